The van der Waals surface area contributed by atoms with Gasteiger partial charge in [0.25, 0.3) is 0 Å². The summed E-state index contributed by atoms with van der Waals surface area (Å²) in [5.74, 6) is -0.784. The second-order valence-corrected chi connectivity index (χ2v) is 8.25. The Hall–Kier alpha value is -1.53. The highest BCUT2D eigenvalue weighted by atomic mass is 16.7. The molecule has 1 aliphatic rings. The van der Waals surface area contributed by atoms with E-state index in [-0.39, 0.29) is 23.1 Å². The molecular formula is C24H40O6. The van der Waals surface area contributed by atoms with Gasteiger partial charge in [-0.2, -0.15) is 0 Å². The highest BCUT2D eigenvalue weighted by Gasteiger charge is 2.38. The molecular weight excluding hydrogens is 384 g/mol. The lowest BCUT2D eigenvalue weighted by Crippen LogP contribution is -2.34. The van der Waals surface area contributed by atoms with Crippen LogP contribution < -0.4 is 0 Å². The number of hydrogen-bond acceptors (Lipinski definition) is 6. The summed E-state index contributed by atoms with van der Waals surface area (Å²) in [6, 6.07) is 0. The minimum atomic E-state index is -0.901. The summed E-state index contributed by atoms with van der Waals surface area (Å²) in [5, 5.41) is 0. The molecule has 6 heteroatoms. The molecule has 0 bridgehead atoms. The summed E-state index contributed by atoms with van der Waals surface area (Å²) in [6.45, 7) is 4.13. The van der Waals surface area contributed by atoms with Gasteiger partial charge >= 0.3 is 5.97 Å². The summed E-state index contributed by atoms with van der Waals surface area (Å²) >= 11 is 0. The molecule has 1 rings (SSSR count). The van der Waals surface area contributed by atoms with Gasteiger partial charge < -0.3 is 14.2 Å². The van der Waals surface area contributed by atoms with Crippen LogP contribution in [0.5, 0.6) is 0 Å². The van der Waals surface area contributed by atoms with Crippen LogP contribution in [0.4, 0.5) is 0 Å². The van der Waals surface area contributed by atoms with Gasteiger partial charge in [0, 0.05) is 52.7 Å². The van der Waals surface area contributed by atoms with Crippen molar-refractivity contribution in [3.63, 3.8) is 0 Å². The first-order valence-electron chi connectivity index (χ1n) is 11.4. The predicted molar refractivity (Wildman–Crippen MR) is 116 cm³/mol. The molecule has 30 heavy (non-hydrogen) atoms. The van der Waals surface area contributed by atoms with Crippen LogP contribution in [0.2, 0.25) is 0 Å². The van der Waals surface area contributed by atoms with Crippen LogP contribution in [0, 0.1) is 0 Å². The summed E-state index contributed by atoms with van der Waals surface area (Å²) in [7, 11) is 3.12. The lowest BCUT2D eigenvalue weighted by atomic mass is 9.90. The van der Waals surface area contributed by atoms with Crippen LogP contribution in [0.25, 0.3) is 0 Å². The fraction of sp³-hybridized carbons (Fsp3) is 0.792. The van der Waals surface area contributed by atoms with Crippen LogP contribution in [0.3, 0.4) is 0 Å². The number of carbonyl (C=O) groups is 3. The summed E-state index contributed by atoms with van der Waals surface area (Å²) in [4.78, 5) is 35.7. The molecule has 0 aromatic rings. The van der Waals surface area contributed by atoms with Gasteiger partial charge in [0.1, 0.15) is 11.4 Å². The normalized spacial score (nSPS) is 19.4. The molecule has 1 heterocycles. The third kappa shape index (κ3) is 9.09. The summed E-state index contributed by atoms with van der Waals surface area (Å²) in [5.41, 5.74) is -0.380. The smallest absolute Gasteiger partial charge is 0.306 e. The van der Waals surface area contributed by atoms with E-state index in [0.29, 0.717) is 44.9 Å². The van der Waals surface area contributed by atoms with Crippen molar-refractivity contribution in [2.45, 2.75) is 109 Å². The number of unbranched alkanes of at least 4 members (excludes halogenated alkanes) is 2. The number of ketones is 2. The van der Waals surface area contributed by atoms with Crippen LogP contribution in [-0.2, 0) is 28.6 Å². The first-order valence-corrected chi connectivity index (χ1v) is 11.4. The Morgan fingerprint density at radius 1 is 1.10 bits per heavy atom. The highest BCUT2D eigenvalue weighted by Crippen LogP contribution is 2.34. The molecule has 0 aromatic carbocycles. The number of esters is 1. The number of Topliss-reactive ketones (excluding diaryl/α,β-unsaturated/α-hetero) is 1. The SMILES string of the molecule is CCCCCC(=O)/C=C/CC(CCC(=O)CCCC1(CC)CCC(=O)O1)(OC)OC. The molecule has 0 saturated carbocycles. The minimum Gasteiger partial charge on any atom is -0.459 e. The maximum absolute atomic E-state index is 12.4. The third-order valence-corrected chi connectivity index (χ3v) is 6.14. The van der Waals surface area contributed by atoms with Crippen molar-refractivity contribution in [2.24, 2.45) is 0 Å². The van der Waals surface area contributed by atoms with Gasteiger partial charge in [-0.3, -0.25) is 14.4 Å². The topological polar surface area (TPSA) is 78.9 Å². The highest BCUT2D eigenvalue weighted by molar-refractivity contribution is 5.89. The van der Waals surface area contributed by atoms with Crippen LogP contribution in [0.15, 0.2) is 12.2 Å². The van der Waals surface area contributed by atoms with E-state index in [0.717, 1.165) is 38.5 Å². The number of carbonyl (C=O) groups excluding carboxylic acids is 3. The van der Waals surface area contributed by atoms with Gasteiger partial charge in [-0.05, 0) is 38.2 Å². The van der Waals surface area contributed by atoms with Gasteiger partial charge in [0.2, 0.25) is 0 Å². The standard InChI is InChI=1S/C24H40O6/c1-5-7-8-11-20(25)13-10-17-24(28-3,29-4)19-14-21(26)12-9-16-23(6-2)18-15-22(27)30-23/h10,13H,5-9,11-12,14-19H2,1-4H3/b13-10+. The predicted octanol–water partition coefficient (Wildman–Crippen LogP) is 5.08. The van der Waals surface area contributed by atoms with Crippen LogP contribution in [-0.4, -0.2) is 43.1 Å². The Morgan fingerprint density at radius 3 is 2.40 bits per heavy atom. The Bertz CT molecular complexity index is 578. The molecule has 6 nitrogen and oxygen atoms in total. The number of rotatable bonds is 17. The molecule has 1 fully saturated rings. The number of hydrogen-bond donors (Lipinski definition) is 0. The maximum Gasteiger partial charge on any atom is 0.306 e. The van der Waals surface area contributed by atoms with Crippen molar-refractivity contribution in [1.82, 2.24) is 0 Å². The summed E-state index contributed by atoms with van der Waals surface area (Å²) < 4.78 is 16.6. The molecule has 0 aromatic heterocycles. The lowest BCUT2D eigenvalue weighted by Gasteiger charge is -2.30. The van der Waals surface area contributed by atoms with Gasteiger partial charge in [0.05, 0.1) is 0 Å². The second-order valence-electron chi connectivity index (χ2n) is 8.25. The molecule has 0 spiro atoms. The average Bonchev–Trinajstić information content (AvgIpc) is 3.12. The van der Waals surface area contributed by atoms with E-state index < -0.39 is 5.79 Å². The fourth-order valence-electron chi connectivity index (χ4n) is 3.90. The maximum atomic E-state index is 12.4. The fourth-order valence-corrected chi connectivity index (χ4v) is 3.90. The molecule has 0 radical (unpaired) electrons. The lowest BCUT2D eigenvalue weighted by molar-refractivity contribution is -0.208. The molecule has 1 atom stereocenters. The first kappa shape index (κ1) is 26.5. The molecule has 172 valence electrons. The molecule has 1 unspecified atom stereocenters. The van der Waals surface area contributed by atoms with Crippen LogP contribution >= 0.6 is 0 Å². The first-order chi connectivity index (χ1) is 14.3. The van der Waals surface area contributed by atoms with Crippen molar-refractivity contribution in [2.75, 3.05) is 14.2 Å². The van der Waals surface area contributed by atoms with Crippen LogP contribution in [0.1, 0.15) is 97.3 Å². The van der Waals surface area contributed by atoms with Crippen molar-refractivity contribution in [3.05, 3.63) is 12.2 Å². The number of methoxy groups -OCH3 is 2. The van der Waals surface area contributed by atoms with Crippen molar-refractivity contribution >= 4 is 17.5 Å². The van der Waals surface area contributed by atoms with E-state index in [2.05, 4.69) is 6.92 Å². The van der Waals surface area contributed by atoms with E-state index in [4.69, 9.17) is 14.2 Å². The number of cyclic esters (lactones) is 1. The molecule has 0 amide bonds. The zero-order valence-electron chi connectivity index (χ0n) is 19.3. The molecule has 0 N–H and O–H groups in total. The van der Waals surface area contributed by atoms with E-state index >= 15 is 0 Å². The largest absolute Gasteiger partial charge is 0.459 e. The minimum absolute atomic E-state index is 0.109. The van der Waals surface area contributed by atoms with E-state index in [1.165, 1.54) is 0 Å². The molecule has 1 saturated heterocycles. The monoisotopic (exact) mass is 424 g/mol. The zero-order chi connectivity index (χ0) is 22.5. The molecule has 1 aliphatic heterocycles. The molecule has 0 aliphatic carbocycles. The average molecular weight is 425 g/mol. The summed E-state index contributed by atoms with van der Waals surface area (Å²) in [6.07, 6.45) is 12.1. The Labute approximate surface area is 181 Å². The van der Waals surface area contributed by atoms with Crippen molar-refractivity contribution in [1.29, 1.82) is 0 Å². The van der Waals surface area contributed by atoms with Gasteiger partial charge in [-0.15, -0.1) is 0 Å². The quantitative estimate of drug-likeness (QED) is 0.140. The number of ether oxygens (including phenoxy) is 3. The van der Waals surface area contributed by atoms with E-state index in [9.17, 15) is 14.4 Å². The van der Waals surface area contributed by atoms with E-state index in [1.54, 1.807) is 26.4 Å². The van der Waals surface area contributed by atoms with E-state index in [1.807, 2.05) is 6.92 Å². The van der Waals surface area contributed by atoms with Gasteiger partial charge in [-0.1, -0.05) is 32.8 Å². The Kier molecular flexibility index (Phi) is 12.1. The van der Waals surface area contributed by atoms with Gasteiger partial charge in [-0.25, -0.2) is 0 Å². The second kappa shape index (κ2) is 13.7. The Balaban J connectivity index is 2.41. The number of allylic oxidation sites excluding steroid dienone is 1. The zero-order valence-corrected chi connectivity index (χ0v) is 19.3. The third-order valence-electron chi connectivity index (χ3n) is 6.14. The van der Waals surface area contributed by atoms with Crippen molar-refractivity contribution in [3.8, 4) is 0 Å². The Morgan fingerprint density at radius 2 is 1.83 bits per heavy atom. The van der Waals surface area contributed by atoms with Gasteiger partial charge in [0.15, 0.2) is 11.6 Å². The van der Waals surface area contributed by atoms with Crippen molar-refractivity contribution < 1.29 is 28.6 Å².